The summed E-state index contributed by atoms with van der Waals surface area (Å²) >= 11 is 0. The molecule has 1 saturated carbocycles. The fourth-order valence-corrected chi connectivity index (χ4v) is 3.17. The molecule has 0 radical (unpaired) electrons. The van der Waals surface area contributed by atoms with Gasteiger partial charge in [-0.3, -0.25) is 9.59 Å². The number of hydrogen-bond acceptors (Lipinski definition) is 3. The average molecular weight is 239 g/mol. The second-order valence-electron chi connectivity index (χ2n) is 5.38. The van der Waals surface area contributed by atoms with Crippen molar-refractivity contribution < 1.29 is 9.59 Å². The van der Waals surface area contributed by atoms with Gasteiger partial charge in [0.25, 0.3) is 0 Å². The molecule has 0 aromatic heterocycles. The summed E-state index contributed by atoms with van der Waals surface area (Å²) in [5, 5.41) is 3.04. The highest BCUT2D eigenvalue weighted by Gasteiger charge is 2.54. The molecule has 3 N–H and O–H groups in total. The molecular weight excluding hydrogens is 218 g/mol. The smallest absolute Gasteiger partial charge is 0.244 e. The van der Waals surface area contributed by atoms with Crippen LogP contribution in [0.5, 0.6) is 0 Å². The molecule has 0 aromatic rings. The first kappa shape index (κ1) is 12.4. The van der Waals surface area contributed by atoms with Crippen LogP contribution in [0, 0.1) is 5.92 Å². The largest absolute Gasteiger partial charge is 0.331 e. The van der Waals surface area contributed by atoms with Gasteiger partial charge in [0.2, 0.25) is 11.8 Å². The second-order valence-corrected chi connectivity index (χ2v) is 5.38. The molecule has 1 aliphatic heterocycles. The monoisotopic (exact) mass is 239 g/mol. The van der Waals surface area contributed by atoms with Crippen molar-refractivity contribution >= 4 is 11.8 Å². The quantitative estimate of drug-likeness (QED) is 0.722. The van der Waals surface area contributed by atoms with E-state index in [1.807, 2.05) is 13.8 Å². The van der Waals surface area contributed by atoms with Crippen LogP contribution in [0.1, 0.15) is 39.5 Å². The number of rotatable bonds is 2. The lowest BCUT2D eigenvalue weighted by Gasteiger charge is -2.37. The summed E-state index contributed by atoms with van der Waals surface area (Å²) in [4.78, 5) is 25.8. The molecule has 2 fully saturated rings. The minimum atomic E-state index is -0.442. The van der Waals surface area contributed by atoms with E-state index in [1.54, 1.807) is 4.90 Å². The first-order valence-corrected chi connectivity index (χ1v) is 6.36. The number of nitrogens with two attached hydrogens (primary N) is 1. The molecule has 1 saturated heterocycles. The third kappa shape index (κ3) is 1.82. The molecule has 1 heterocycles. The van der Waals surface area contributed by atoms with Crippen molar-refractivity contribution in [2.24, 2.45) is 11.7 Å². The summed E-state index contributed by atoms with van der Waals surface area (Å²) in [6.07, 6.45) is 3.82. The van der Waals surface area contributed by atoms with Gasteiger partial charge in [-0.25, -0.2) is 0 Å². The maximum atomic E-state index is 12.1. The van der Waals surface area contributed by atoms with Crippen molar-refractivity contribution in [1.29, 1.82) is 0 Å². The van der Waals surface area contributed by atoms with Gasteiger partial charge >= 0.3 is 0 Å². The normalized spacial score (nSPS) is 26.9. The predicted molar refractivity (Wildman–Crippen MR) is 63.9 cm³/mol. The van der Waals surface area contributed by atoms with Crippen LogP contribution in [0.3, 0.4) is 0 Å². The van der Waals surface area contributed by atoms with E-state index in [9.17, 15) is 9.59 Å². The van der Waals surface area contributed by atoms with Crippen molar-refractivity contribution in [2.45, 2.75) is 51.2 Å². The topological polar surface area (TPSA) is 75.4 Å². The third-order valence-corrected chi connectivity index (χ3v) is 3.87. The summed E-state index contributed by atoms with van der Waals surface area (Å²) < 4.78 is 0. The van der Waals surface area contributed by atoms with E-state index >= 15 is 0 Å². The minimum absolute atomic E-state index is 0.0244. The van der Waals surface area contributed by atoms with E-state index in [1.165, 1.54) is 0 Å². The molecule has 2 rings (SSSR count). The van der Waals surface area contributed by atoms with Crippen LogP contribution in [0.15, 0.2) is 0 Å². The van der Waals surface area contributed by atoms with Gasteiger partial charge < -0.3 is 16.0 Å². The maximum Gasteiger partial charge on any atom is 0.244 e. The second kappa shape index (κ2) is 4.29. The molecule has 2 amide bonds. The van der Waals surface area contributed by atoms with Crippen LogP contribution in [-0.2, 0) is 9.59 Å². The lowest BCUT2D eigenvalue weighted by Crippen LogP contribution is -2.56. The Labute approximate surface area is 102 Å². The van der Waals surface area contributed by atoms with E-state index in [2.05, 4.69) is 5.32 Å². The standard InChI is InChI=1S/C12H21N3O2/c1-8(2)10-11(17)14-12(5-3-4-6-12)15(10)9(16)7-13/h8,10H,3-7,13H2,1-2H3,(H,14,17). The number of carbonyl (C=O) groups excluding carboxylic acids is 2. The van der Waals surface area contributed by atoms with Gasteiger partial charge in [-0.1, -0.05) is 13.8 Å². The molecule has 5 heteroatoms. The first-order valence-electron chi connectivity index (χ1n) is 6.36. The van der Waals surface area contributed by atoms with E-state index in [4.69, 9.17) is 5.73 Å². The Morgan fingerprint density at radius 2 is 2.12 bits per heavy atom. The predicted octanol–water partition coefficient (Wildman–Crippen LogP) is 0.198. The van der Waals surface area contributed by atoms with Crippen LogP contribution >= 0.6 is 0 Å². The van der Waals surface area contributed by atoms with Gasteiger partial charge in [0.05, 0.1) is 6.54 Å². The molecule has 1 aliphatic carbocycles. The van der Waals surface area contributed by atoms with Crippen LogP contribution in [0.25, 0.3) is 0 Å². The Bertz CT molecular complexity index is 335. The summed E-state index contributed by atoms with van der Waals surface area (Å²) in [7, 11) is 0. The van der Waals surface area contributed by atoms with Crippen molar-refractivity contribution in [1.82, 2.24) is 10.2 Å². The first-order chi connectivity index (χ1) is 8.02. The van der Waals surface area contributed by atoms with Crippen molar-refractivity contribution in [3.63, 3.8) is 0 Å². The number of amides is 2. The summed E-state index contributed by atoms with van der Waals surface area (Å²) in [5.41, 5.74) is 5.04. The highest BCUT2D eigenvalue weighted by Crippen LogP contribution is 2.39. The molecule has 5 nitrogen and oxygen atoms in total. The molecule has 96 valence electrons. The Kier molecular flexibility index (Phi) is 3.12. The summed E-state index contributed by atoms with van der Waals surface area (Å²) in [5.74, 6) is -0.0295. The number of carbonyl (C=O) groups is 2. The lowest BCUT2D eigenvalue weighted by molar-refractivity contribution is -0.139. The Morgan fingerprint density at radius 3 is 2.59 bits per heavy atom. The van der Waals surface area contributed by atoms with Crippen LogP contribution in [-0.4, -0.2) is 35.0 Å². The van der Waals surface area contributed by atoms with Gasteiger partial charge in [-0.05, 0) is 31.6 Å². The number of nitrogens with one attached hydrogen (secondary N) is 1. The minimum Gasteiger partial charge on any atom is -0.331 e. The van der Waals surface area contributed by atoms with Gasteiger partial charge in [-0.2, -0.15) is 0 Å². The van der Waals surface area contributed by atoms with Crippen molar-refractivity contribution in [2.75, 3.05) is 6.54 Å². The maximum absolute atomic E-state index is 12.1. The van der Waals surface area contributed by atoms with Crippen LogP contribution < -0.4 is 11.1 Å². The summed E-state index contributed by atoms with van der Waals surface area (Å²) in [6.45, 7) is 3.91. The highest BCUT2D eigenvalue weighted by atomic mass is 16.2. The Balaban J connectivity index is 2.35. The van der Waals surface area contributed by atoms with Crippen molar-refractivity contribution in [3.05, 3.63) is 0 Å². The van der Waals surface area contributed by atoms with Gasteiger partial charge in [0.15, 0.2) is 0 Å². The van der Waals surface area contributed by atoms with E-state index in [0.717, 1.165) is 25.7 Å². The zero-order valence-electron chi connectivity index (χ0n) is 10.5. The molecule has 1 spiro atoms. The Hall–Kier alpha value is -1.10. The van der Waals surface area contributed by atoms with Crippen LogP contribution in [0.4, 0.5) is 0 Å². The lowest BCUT2D eigenvalue weighted by atomic mass is 10.0. The third-order valence-electron chi connectivity index (χ3n) is 3.87. The van der Waals surface area contributed by atoms with Gasteiger partial charge in [-0.15, -0.1) is 0 Å². The van der Waals surface area contributed by atoms with E-state index < -0.39 is 5.66 Å². The van der Waals surface area contributed by atoms with E-state index in [0.29, 0.717) is 0 Å². The van der Waals surface area contributed by atoms with Crippen LogP contribution in [0.2, 0.25) is 0 Å². The highest BCUT2D eigenvalue weighted by molar-refractivity contribution is 5.93. The zero-order chi connectivity index (χ0) is 12.6. The molecular formula is C12H21N3O2. The molecule has 2 aliphatic rings. The zero-order valence-corrected chi connectivity index (χ0v) is 10.5. The number of nitrogens with zero attached hydrogens (tertiary/aromatic N) is 1. The molecule has 0 bridgehead atoms. The van der Waals surface area contributed by atoms with E-state index in [-0.39, 0.29) is 30.3 Å². The molecule has 1 atom stereocenters. The fraction of sp³-hybridized carbons (Fsp3) is 0.833. The molecule has 0 aromatic carbocycles. The van der Waals surface area contributed by atoms with Gasteiger partial charge in [0, 0.05) is 0 Å². The average Bonchev–Trinajstić information content (AvgIpc) is 2.83. The molecule has 1 unspecified atom stereocenters. The Morgan fingerprint density at radius 1 is 1.53 bits per heavy atom. The van der Waals surface area contributed by atoms with Crippen molar-refractivity contribution in [3.8, 4) is 0 Å². The number of hydrogen-bond donors (Lipinski definition) is 2. The SMILES string of the molecule is CC(C)C1C(=O)NC2(CCCC2)N1C(=O)CN. The summed E-state index contributed by atoms with van der Waals surface area (Å²) in [6, 6.07) is -0.357. The fourth-order valence-electron chi connectivity index (χ4n) is 3.17. The van der Waals surface area contributed by atoms with Gasteiger partial charge in [0.1, 0.15) is 11.7 Å². The molecule has 17 heavy (non-hydrogen) atoms.